The summed E-state index contributed by atoms with van der Waals surface area (Å²) < 4.78 is 31.1. The van der Waals surface area contributed by atoms with Crippen molar-refractivity contribution in [3.8, 4) is 0 Å². The predicted octanol–water partition coefficient (Wildman–Crippen LogP) is 2.25. The Hall–Kier alpha value is -0.870. The average Bonchev–Trinajstić information content (AvgIpc) is 2.14. The molecule has 1 radical (unpaired) electrons. The molecule has 1 aromatic carbocycles. The van der Waals surface area contributed by atoms with E-state index in [1.807, 2.05) is 6.92 Å². The van der Waals surface area contributed by atoms with Crippen molar-refractivity contribution in [3.63, 3.8) is 0 Å². The van der Waals surface area contributed by atoms with Gasteiger partial charge in [-0.25, -0.2) is 0 Å². The quantitative estimate of drug-likeness (QED) is 0.780. The van der Waals surface area contributed by atoms with E-state index in [0.717, 1.165) is 0 Å². The highest BCUT2D eigenvalue weighted by Crippen LogP contribution is 2.24. The van der Waals surface area contributed by atoms with Crippen molar-refractivity contribution in [2.24, 2.45) is 0 Å². The summed E-state index contributed by atoms with van der Waals surface area (Å²) >= 11 is 0. The molecular weight excluding hydrogens is 200 g/mol. The molecule has 0 aliphatic carbocycles. The van der Waals surface area contributed by atoms with Crippen molar-refractivity contribution >= 4 is 10.1 Å². The zero-order valence-corrected chi connectivity index (χ0v) is 8.79. The van der Waals surface area contributed by atoms with E-state index in [-0.39, 0.29) is 5.25 Å². The van der Waals surface area contributed by atoms with Crippen LogP contribution in [0.3, 0.4) is 0 Å². The highest BCUT2D eigenvalue weighted by atomic mass is 32.2. The van der Waals surface area contributed by atoms with E-state index in [0.29, 0.717) is 18.4 Å². The summed E-state index contributed by atoms with van der Waals surface area (Å²) in [6.45, 7) is 1.87. The van der Waals surface area contributed by atoms with E-state index < -0.39 is 10.1 Å². The molecule has 0 aromatic heterocycles. The molecule has 0 saturated heterocycles. The first-order chi connectivity index (χ1) is 6.55. The average molecular weight is 213 g/mol. The lowest BCUT2D eigenvalue weighted by Gasteiger charge is -2.11. The van der Waals surface area contributed by atoms with Gasteiger partial charge in [0.2, 0.25) is 0 Å². The first-order valence-corrected chi connectivity index (χ1v) is 5.88. The second kappa shape index (κ2) is 4.57. The van der Waals surface area contributed by atoms with E-state index in [1.54, 1.807) is 30.3 Å². The molecule has 0 aliphatic rings. The summed E-state index contributed by atoms with van der Waals surface area (Å²) in [5.41, 5.74) is 0.567. The number of hydrogen-bond acceptors (Lipinski definition) is 2. The van der Waals surface area contributed by atoms with Crippen molar-refractivity contribution in [1.82, 2.24) is 0 Å². The van der Waals surface area contributed by atoms with Gasteiger partial charge >= 0.3 is 0 Å². The molecule has 3 nitrogen and oxygen atoms in total. The van der Waals surface area contributed by atoms with Crippen molar-refractivity contribution < 1.29 is 13.0 Å². The second-order valence-corrected chi connectivity index (χ2v) is 4.46. The van der Waals surface area contributed by atoms with Crippen LogP contribution in [0.5, 0.6) is 0 Å². The Morgan fingerprint density at radius 1 is 1.29 bits per heavy atom. The lowest BCUT2D eigenvalue weighted by atomic mass is 10.1. The standard InChI is InChI=1S/C10H13O3S/c1-2-6-10(14(11,12)13)9-7-4-3-5-8-9/h3-5,7-8H,2,6H2,1H3,(H,11,12,13). The first-order valence-electron chi connectivity index (χ1n) is 4.44. The van der Waals surface area contributed by atoms with Crippen molar-refractivity contribution in [2.75, 3.05) is 0 Å². The normalized spacial score (nSPS) is 11.9. The summed E-state index contributed by atoms with van der Waals surface area (Å²) in [6.07, 6.45) is 1.05. The second-order valence-electron chi connectivity index (χ2n) is 3.01. The number of hydrogen-bond donors (Lipinski definition) is 1. The molecule has 0 aliphatic heterocycles. The third-order valence-corrected chi connectivity index (χ3v) is 2.95. The van der Waals surface area contributed by atoms with Gasteiger partial charge in [0.25, 0.3) is 10.1 Å². The van der Waals surface area contributed by atoms with Gasteiger partial charge in [-0.15, -0.1) is 0 Å². The first kappa shape index (κ1) is 11.2. The van der Waals surface area contributed by atoms with Gasteiger partial charge in [-0.05, 0) is 12.0 Å². The summed E-state index contributed by atoms with van der Waals surface area (Å²) in [5, 5.41) is 0.0978. The Balaban J connectivity index is 3.02. The van der Waals surface area contributed by atoms with Crippen LogP contribution in [-0.4, -0.2) is 13.0 Å². The van der Waals surface area contributed by atoms with Gasteiger partial charge in [0.05, 0.1) is 0 Å². The molecule has 0 unspecified atom stereocenters. The van der Waals surface area contributed by atoms with Crippen LogP contribution in [0.25, 0.3) is 0 Å². The van der Waals surface area contributed by atoms with Gasteiger partial charge in [0.15, 0.2) is 0 Å². The third kappa shape index (κ3) is 2.82. The van der Waals surface area contributed by atoms with Crippen LogP contribution in [0, 0.1) is 5.25 Å². The molecule has 1 N–H and O–H groups in total. The van der Waals surface area contributed by atoms with Crippen LogP contribution >= 0.6 is 0 Å². The van der Waals surface area contributed by atoms with Crippen LogP contribution in [0.2, 0.25) is 0 Å². The highest BCUT2D eigenvalue weighted by Gasteiger charge is 2.24. The van der Waals surface area contributed by atoms with Gasteiger partial charge in [-0.2, -0.15) is 8.42 Å². The molecule has 4 heteroatoms. The lowest BCUT2D eigenvalue weighted by Crippen LogP contribution is -2.12. The molecule has 0 bridgehead atoms. The molecule has 1 aromatic rings. The molecule has 1 rings (SSSR count). The fourth-order valence-electron chi connectivity index (χ4n) is 1.27. The maximum Gasteiger partial charge on any atom is 0.276 e. The van der Waals surface area contributed by atoms with Gasteiger partial charge in [-0.1, -0.05) is 43.7 Å². The summed E-state index contributed by atoms with van der Waals surface area (Å²) in [4.78, 5) is 0. The summed E-state index contributed by atoms with van der Waals surface area (Å²) in [7, 11) is -4.06. The lowest BCUT2D eigenvalue weighted by molar-refractivity contribution is 0.482. The maximum atomic E-state index is 11.0. The third-order valence-electron chi connectivity index (χ3n) is 1.88. The SMILES string of the molecule is CCC[C](c1ccccc1)S(=O)(=O)O. The molecule has 0 heterocycles. The molecule has 77 valence electrons. The van der Waals surface area contributed by atoms with Gasteiger partial charge < -0.3 is 0 Å². The largest absolute Gasteiger partial charge is 0.285 e. The maximum absolute atomic E-state index is 11.0. The Morgan fingerprint density at radius 2 is 1.86 bits per heavy atom. The predicted molar refractivity (Wildman–Crippen MR) is 55.2 cm³/mol. The van der Waals surface area contributed by atoms with E-state index in [2.05, 4.69) is 0 Å². The summed E-state index contributed by atoms with van der Waals surface area (Å²) in [5.74, 6) is 0. The number of benzene rings is 1. The Labute approximate surface area is 84.5 Å². The minimum Gasteiger partial charge on any atom is -0.285 e. The van der Waals surface area contributed by atoms with Gasteiger partial charge in [0.1, 0.15) is 5.25 Å². The van der Waals surface area contributed by atoms with Crippen molar-refractivity contribution in [2.45, 2.75) is 19.8 Å². The van der Waals surface area contributed by atoms with Crippen molar-refractivity contribution in [3.05, 3.63) is 41.1 Å². The van der Waals surface area contributed by atoms with Gasteiger partial charge in [-0.3, -0.25) is 4.55 Å². The molecule has 0 atom stereocenters. The zero-order valence-electron chi connectivity index (χ0n) is 7.97. The van der Waals surface area contributed by atoms with Crippen LogP contribution in [0.4, 0.5) is 0 Å². The minimum absolute atomic E-state index is 0.0978. The van der Waals surface area contributed by atoms with Crippen LogP contribution in [0.15, 0.2) is 30.3 Å². The van der Waals surface area contributed by atoms with Crippen molar-refractivity contribution in [1.29, 1.82) is 0 Å². The number of rotatable bonds is 4. The fraction of sp³-hybridized carbons (Fsp3) is 0.300. The smallest absolute Gasteiger partial charge is 0.276 e. The van der Waals surface area contributed by atoms with Crippen LogP contribution in [0.1, 0.15) is 25.3 Å². The molecule has 0 saturated carbocycles. The van der Waals surface area contributed by atoms with E-state index >= 15 is 0 Å². The molecule has 0 spiro atoms. The Morgan fingerprint density at radius 3 is 2.29 bits per heavy atom. The minimum atomic E-state index is -4.06. The van der Waals surface area contributed by atoms with Crippen LogP contribution in [-0.2, 0) is 10.1 Å². The zero-order chi connectivity index (χ0) is 10.6. The highest BCUT2D eigenvalue weighted by molar-refractivity contribution is 7.89. The van der Waals surface area contributed by atoms with E-state index in [1.165, 1.54) is 0 Å². The van der Waals surface area contributed by atoms with E-state index in [9.17, 15) is 8.42 Å². The van der Waals surface area contributed by atoms with E-state index in [4.69, 9.17) is 4.55 Å². The Bertz CT molecular complexity index is 370. The molecule has 0 amide bonds. The fourth-order valence-corrected chi connectivity index (χ4v) is 2.17. The molecular formula is C10H13O3S. The monoisotopic (exact) mass is 213 g/mol. The van der Waals surface area contributed by atoms with Gasteiger partial charge in [0, 0.05) is 0 Å². The van der Waals surface area contributed by atoms with Crippen LogP contribution < -0.4 is 0 Å². The molecule has 14 heavy (non-hydrogen) atoms. The Kier molecular flexibility index (Phi) is 3.66. The summed E-state index contributed by atoms with van der Waals surface area (Å²) in [6, 6.07) is 8.65. The molecule has 0 fully saturated rings. The topological polar surface area (TPSA) is 54.4 Å².